The normalized spacial score (nSPS) is 23.5. The van der Waals surface area contributed by atoms with Crippen LogP contribution in [0.1, 0.15) is 12.8 Å². The van der Waals surface area contributed by atoms with Crippen LogP contribution in [0.3, 0.4) is 0 Å². The summed E-state index contributed by atoms with van der Waals surface area (Å²) in [5.74, 6) is 0. The van der Waals surface area contributed by atoms with Crippen LogP contribution in [0.25, 0.3) is 10.4 Å². The van der Waals surface area contributed by atoms with Crippen molar-refractivity contribution in [1.82, 2.24) is 9.80 Å². The topological polar surface area (TPSA) is 55.2 Å². The maximum atomic E-state index is 8.17. The summed E-state index contributed by atoms with van der Waals surface area (Å²) < 4.78 is 0. The minimum atomic E-state index is 0.594. The summed E-state index contributed by atoms with van der Waals surface area (Å²) in [6.45, 7) is 3.74. The molecule has 1 aliphatic heterocycles. The zero-order valence-electron chi connectivity index (χ0n) is 9.06. The molecule has 1 unspecified atom stereocenters. The summed E-state index contributed by atoms with van der Waals surface area (Å²) in [6.07, 6.45) is 2.53. The summed E-state index contributed by atoms with van der Waals surface area (Å²) in [5.41, 5.74) is 8.17. The quantitative estimate of drug-likeness (QED) is 0.388. The Morgan fingerprint density at radius 1 is 1.57 bits per heavy atom. The number of hydrogen-bond donors (Lipinski definition) is 0. The lowest BCUT2D eigenvalue weighted by Gasteiger charge is -2.35. The molecule has 0 bridgehead atoms. The van der Waals surface area contributed by atoms with Crippen LogP contribution in [0.15, 0.2) is 5.11 Å². The van der Waals surface area contributed by atoms with Gasteiger partial charge in [0.2, 0.25) is 0 Å². The van der Waals surface area contributed by atoms with E-state index >= 15 is 0 Å². The van der Waals surface area contributed by atoms with Crippen molar-refractivity contribution < 1.29 is 0 Å². The highest BCUT2D eigenvalue weighted by Crippen LogP contribution is 2.12. The highest BCUT2D eigenvalue weighted by molar-refractivity contribution is 4.78. The molecule has 0 aromatic carbocycles. The third-order valence-corrected chi connectivity index (χ3v) is 2.79. The Balaban J connectivity index is 2.28. The Bertz CT molecular complexity index is 209. The Morgan fingerprint density at radius 3 is 3.00 bits per heavy atom. The fourth-order valence-corrected chi connectivity index (χ4v) is 1.89. The first-order valence-electron chi connectivity index (χ1n) is 5.13. The predicted molar refractivity (Wildman–Crippen MR) is 57.2 cm³/mol. The predicted octanol–water partition coefficient (Wildman–Crippen LogP) is 1.32. The number of azide groups is 1. The van der Waals surface area contributed by atoms with Gasteiger partial charge in [-0.1, -0.05) is 5.11 Å². The van der Waals surface area contributed by atoms with Crippen molar-refractivity contribution >= 4 is 0 Å². The van der Waals surface area contributed by atoms with Crippen LogP contribution in [-0.2, 0) is 0 Å². The van der Waals surface area contributed by atoms with Gasteiger partial charge in [0.15, 0.2) is 0 Å². The van der Waals surface area contributed by atoms with Crippen LogP contribution >= 0.6 is 0 Å². The van der Waals surface area contributed by atoms with Crippen LogP contribution in [0.4, 0.5) is 0 Å². The Hall–Kier alpha value is -0.770. The van der Waals surface area contributed by atoms with E-state index in [2.05, 4.69) is 33.9 Å². The summed E-state index contributed by atoms with van der Waals surface area (Å²) in [6, 6.07) is 0.662. The van der Waals surface area contributed by atoms with E-state index in [9.17, 15) is 0 Å². The fraction of sp³-hybridized carbons (Fsp3) is 1.00. The maximum Gasteiger partial charge on any atom is 0.0385 e. The number of hydrogen-bond acceptors (Lipinski definition) is 3. The molecular formula is C9H19N5. The van der Waals surface area contributed by atoms with E-state index in [1.807, 2.05) is 0 Å². The van der Waals surface area contributed by atoms with Crippen molar-refractivity contribution in [3.8, 4) is 0 Å². The van der Waals surface area contributed by atoms with E-state index in [-0.39, 0.29) is 0 Å². The minimum Gasteiger partial charge on any atom is -0.305 e. The van der Waals surface area contributed by atoms with Crippen molar-refractivity contribution in [1.29, 1.82) is 0 Å². The summed E-state index contributed by atoms with van der Waals surface area (Å²) in [7, 11) is 4.25. The second-order valence-corrected chi connectivity index (χ2v) is 4.01. The molecule has 5 heteroatoms. The largest absolute Gasteiger partial charge is 0.305 e. The van der Waals surface area contributed by atoms with Crippen molar-refractivity contribution in [2.24, 2.45) is 5.11 Å². The van der Waals surface area contributed by atoms with Gasteiger partial charge in [-0.05, 0) is 39.0 Å². The highest BCUT2D eigenvalue weighted by Gasteiger charge is 2.20. The first-order chi connectivity index (χ1) is 6.74. The molecule has 0 N–H and O–H groups in total. The fourth-order valence-electron chi connectivity index (χ4n) is 1.89. The molecule has 0 spiro atoms. The van der Waals surface area contributed by atoms with E-state index in [1.165, 1.54) is 12.8 Å². The van der Waals surface area contributed by atoms with Gasteiger partial charge in [-0.2, -0.15) is 0 Å². The first kappa shape index (κ1) is 11.3. The molecule has 0 aromatic rings. The molecular weight excluding hydrogens is 178 g/mol. The third-order valence-electron chi connectivity index (χ3n) is 2.79. The molecule has 14 heavy (non-hydrogen) atoms. The highest BCUT2D eigenvalue weighted by atomic mass is 15.2. The monoisotopic (exact) mass is 197 g/mol. The Kier molecular flexibility index (Phi) is 4.73. The van der Waals surface area contributed by atoms with Gasteiger partial charge in [0.1, 0.15) is 0 Å². The van der Waals surface area contributed by atoms with Gasteiger partial charge < -0.3 is 9.80 Å². The number of likely N-dealkylation sites (tertiary alicyclic amines) is 1. The summed E-state index contributed by atoms with van der Waals surface area (Å²) >= 11 is 0. The molecule has 1 rings (SSSR count). The molecule has 5 nitrogen and oxygen atoms in total. The second-order valence-electron chi connectivity index (χ2n) is 4.01. The van der Waals surface area contributed by atoms with Gasteiger partial charge in [-0.3, -0.25) is 0 Å². The zero-order valence-corrected chi connectivity index (χ0v) is 9.06. The molecule has 80 valence electrons. The Labute approximate surface area is 85.3 Å². The lowest BCUT2D eigenvalue weighted by atomic mass is 10.1. The van der Waals surface area contributed by atoms with Gasteiger partial charge in [0, 0.05) is 30.6 Å². The van der Waals surface area contributed by atoms with Crippen molar-refractivity contribution in [2.45, 2.75) is 18.9 Å². The molecule has 1 saturated heterocycles. The summed E-state index contributed by atoms with van der Waals surface area (Å²) in [4.78, 5) is 7.42. The van der Waals surface area contributed by atoms with Crippen molar-refractivity contribution in [3.63, 3.8) is 0 Å². The molecule has 0 aromatic heterocycles. The molecule has 1 heterocycles. The van der Waals surface area contributed by atoms with E-state index < -0.39 is 0 Å². The zero-order chi connectivity index (χ0) is 10.4. The number of likely N-dealkylation sites (N-methyl/N-ethyl adjacent to an activating group) is 1. The summed E-state index contributed by atoms with van der Waals surface area (Å²) in [5, 5.41) is 3.56. The van der Waals surface area contributed by atoms with Gasteiger partial charge in [-0.15, -0.1) is 0 Å². The van der Waals surface area contributed by atoms with E-state index in [1.54, 1.807) is 0 Å². The van der Waals surface area contributed by atoms with Gasteiger partial charge in [0.05, 0.1) is 0 Å². The first-order valence-corrected chi connectivity index (χ1v) is 5.13. The van der Waals surface area contributed by atoms with Crippen LogP contribution in [0.2, 0.25) is 0 Å². The van der Waals surface area contributed by atoms with Crippen LogP contribution in [0.5, 0.6) is 0 Å². The van der Waals surface area contributed by atoms with Crippen molar-refractivity contribution in [2.75, 3.05) is 40.3 Å². The molecule has 1 atom stereocenters. The molecule has 0 saturated carbocycles. The lowest BCUT2D eigenvalue weighted by Crippen LogP contribution is -2.45. The van der Waals surface area contributed by atoms with E-state index in [0.29, 0.717) is 12.6 Å². The number of piperidine rings is 1. The van der Waals surface area contributed by atoms with Crippen LogP contribution in [0, 0.1) is 0 Å². The minimum absolute atomic E-state index is 0.594. The van der Waals surface area contributed by atoms with E-state index in [4.69, 9.17) is 5.53 Å². The number of rotatable bonds is 4. The average molecular weight is 197 g/mol. The standard InChI is InChI=1S/C9H19N5/c1-13(2)9-4-3-6-14(8-9)7-5-11-12-10/h9H,3-8H2,1-2H3. The van der Waals surface area contributed by atoms with Gasteiger partial charge in [-0.25, -0.2) is 0 Å². The molecule has 1 fully saturated rings. The molecule has 1 aliphatic rings. The van der Waals surface area contributed by atoms with E-state index in [0.717, 1.165) is 19.6 Å². The maximum absolute atomic E-state index is 8.17. The molecule has 0 radical (unpaired) electrons. The SMILES string of the molecule is CN(C)C1CCCN(CCN=[N+]=[N-])C1. The van der Waals surface area contributed by atoms with Crippen molar-refractivity contribution in [3.05, 3.63) is 10.4 Å². The van der Waals surface area contributed by atoms with Gasteiger partial charge in [0.25, 0.3) is 0 Å². The molecule has 0 amide bonds. The van der Waals surface area contributed by atoms with Gasteiger partial charge >= 0.3 is 0 Å². The van der Waals surface area contributed by atoms with Crippen LogP contribution in [-0.4, -0.2) is 56.1 Å². The number of nitrogens with zero attached hydrogens (tertiary/aromatic N) is 5. The third kappa shape index (κ3) is 3.54. The average Bonchev–Trinajstić information content (AvgIpc) is 2.19. The molecule has 0 aliphatic carbocycles. The smallest absolute Gasteiger partial charge is 0.0385 e. The lowest BCUT2D eigenvalue weighted by molar-refractivity contribution is 0.136. The van der Waals surface area contributed by atoms with Crippen LogP contribution < -0.4 is 0 Å². The Morgan fingerprint density at radius 2 is 2.36 bits per heavy atom. The second kappa shape index (κ2) is 5.86.